The van der Waals surface area contributed by atoms with Gasteiger partial charge in [-0.05, 0) is 65.8 Å². The van der Waals surface area contributed by atoms with E-state index in [-0.39, 0.29) is 19.1 Å². The summed E-state index contributed by atoms with van der Waals surface area (Å²) in [7, 11) is 0. The summed E-state index contributed by atoms with van der Waals surface area (Å²) in [6.45, 7) is 2.64. The number of likely N-dealkylation sites (tertiary alicyclic amines) is 1. The molecule has 4 amide bonds. The van der Waals surface area contributed by atoms with Gasteiger partial charge in [-0.2, -0.15) is 0 Å². The van der Waals surface area contributed by atoms with Crippen LogP contribution in [0.15, 0.2) is 140 Å². The molecule has 0 saturated carbocycles. The molecule has 11 nitrogen and oxygen atoms in total. The fourth-order valence-electron chi connectivity index (χ4n) is 10.5. The second kappa shape index (κ2) is 17.6. The Balaban J connectivity index is 1.31. The van der Waals surface area contributed by atoms with Gasteiger partial charge in [0.05, 0.1) is 36.3 Å². The number of cyclic esters (lactones) is 1. The highest BCUT2D eigenvalue weighted by Crippen LogP contribution is 2.66. The van der Waals surface area contributed by atoms with E-state index in [2.05, 4.69) is 10.2 Å². The summed E-state index contributed by atoms with van der Waals surface area (Å²) < 4.78 is 12.6. The number of para-hydroxylation sites is 1. The molecule has 11 heteroatoms. The number of nitrogens with one attached hydrogen (secondary N) is 1. The standard InChI is InChI=1S/C51H52N4O7/c1-34(35-19-8-5-9-20-35)52-50(60)54-41-28-15-14-27-40(41)51(49(54)59)42(47(57)53-29-16-3-2-4-17-30-53)44-48(58)62-45(37-23-12-7-13-24-37)43(36-21-10-6-11-22-36)55(44)46(51)38-25-18-26-39(33-38)61-32-31-56/h5-15,18-28,33-34,42-46,56H,2-4,16-17,29-32H2,1H3,(H,52,60)/t34-,42+,43+,44+,45-,46-,51+/m1/s1. The number of esters is 1. The van der Waals surface area contributed by atoms with Crippen LogP contribution >= 0.6 is 0 Å². The Morgan fingerprint density at radius 3 is 2.06 bits per heavy atom. The van der Waals surface area contributed by atoms with E-state index in [1.807, 2.05) is 133 Å². The number of amides is 4. The summed E-state index contributed by atoms with van der Waals surface area (Å²) >= 11 is 0. The fraction of sp³-hybridized carbons (Fsp3) is 0.333. The summed E-state index contributed by atoms with van der Waals surface area (Å²) in [4.78, 5) is 67.7. The fourth-order valence-corrected chi connectivity index (χ4v) is 10.5. The molecule has 0 radical (unpaired) electrons. The summed E-state index contributed by atoms with van der Waals surface area (Å²) in [6.07, 6.45) is 3.75. The van der Waals surface area contributed by atoms with Crippen molar-refractivity contribution < 1.29 is 33.8 Å². The van der Waals surface area contributed by atoms with E-state index < -0.39 is 59.5 Å². The van der Waals surface area contributed by atoms with E-state index in [4.69, 9.17) is 9.47 Å². The minimum absolute atomic E-state index is 0.0338. The lowest BCUT2D eigenvalue weighted by molar-refractivity contribution is -0.179. The number of morpholine rings is 1. The van der Waals surface area contributed by atoms with Gasteiger partial charge >= 0.3 is 12.0 Å². The monoisotopic (exact) mass is 832 g/mol. The second-order valence-corrected chi connectivity index (χ2v) is 16.7. The van der Waals surface area contributed by atoms with Crippen LogP contribution in [0.3, 0.4) is 0 Å². The van der Waals surface area contributed by atoms with Gasteiger partial charge in [-0.25, -0.2) is 9.69 Å². The number of nitrogens with zero attached hydrogens (tertiary/aromatic N) is 3. The molecule has 5 aromatic carbocycles. The van der Waals surface area contributed by atoms with Crippen molar-refractivity contribution in [2.75, 3.05) is 31.2 Å². The summed E-state index contributed by atoms with van der Waals surface area (Å²) in [5.41, 5.74) is 2.07. The zero-order valence-electron chi connectivity index (χ0n) is 34.8. The number of aliphatic hydroxyl groups is 1. The zero-order chi connectivity index (χ0) is 42.8. The third-order valence-corrected chi connectivity index (χ3v) is 13.2. The molecule has 3 fully saturated rings. The zero-order valence-corrected chi connectivity index (χ0v) is 34.8. The van der Waals surface area contributed by atoms with Crippen LogP contribution in [0.5, 0.6) is 5.75 Å². The highest BCUT2D eigenvalue weighted by atomic mass is 16.6. The average molecular weight is 833 g/mol. The Morgan fingerprint density at radius 1 is 0.758 bits per heavy atom. The van der Waals surface area contributed by atoms with Gasteiger partial charge in [0.25, 0.3) is 0 Å². The molecule has 1 spiro atoms. The van der Waals surface area contributed by atoms with Gasteiger partial charge in [0.2, 0.25) is 11.8 Å². The van der Waals surface area contributed by atoms with Crippen LogP contribution in [0.2, 0.25) is 0 Å². The van der Waals surface area contributed by atoms with Crippen LogP contribution in [0.25, 0.3) is 0 Å². The van der Waals surface area contributed by atoms with Gasteiger partial charge in [-0.3, -0.25) is 19.3 Å². The van der Waals surface area contributed by atoms with Crippen molar-refractivity contribution in [2.24, 2.45) is 5.92 Å². The number of urea groups is 1. The van der Waals surface area contributed by atoms with Crippen molar-refractivity contribution in [3.63, 3.8) is 0 Å². The number of rotatable bonds is 9. The third kappa shape index (κ3) is 7.12. The predicted octanol–water partition coefficient (Wildman–Crippen LogP) is 7.99. The van der Waals surface area contributed by atoms with Crippen LogP contribution in [0, 0.1) is 5.92 Å². The molecule has 0 aliphatic carbocycles. The Hall–Kier alpha value is -6.30. The van der Waals surface area contributed by atoms with Crippen molar-refractivity contribution in [1.29, 1.82) is 0 Å². The smallest absolute Gasteiger partial charge is 0.329 e. The predicted molar refractivity (Wildman–Crippen MR) is 234 cm³/mol. The maximum absolute atomic E-state index is 16.4. The molecule has 5 aromatic rings. The normalized spacial score (nSPS) is 25.3. The lowest BCUT2D eigenvalue weighted by Crippen LogP contribution is -2.57. The largest absolute Gasteiger partial charge is 0.491 e. The van der Waals surface area contributed by atoms with E-state index in [9.17, 15) is 9.90 Å². The van der Waals surface area contributed by atoms with Gasteiger partial charge in [0, 0.05) is 13.1 Å². The first-order valence-electron chi connectivity index (χ1n) is 21.8. The lowest BCUT2D eigenvalue weighted by atomic mass is 9.65. The maximum Gasteiger partial charge on any atom is 0.329 e. The number of imide groups is 1. The highest BCUT2D eigenvalue weighted by molar-refractivity contribution is 6.24. The van der Waals surface area contributed by atoms with Crippen LogP contribution in [-0.4, -0.2) is 71.1 Å². The number of ether oxygens (including phenoxy) is 2. The maximum atomic E-state index is 16.4. The molecule has 0 aromatic heterocycles. The molecule has 9 rings (SSSR count). The number of hydrogen-bond acceptors (Lipinski definition) is 8. The van der Waals surface area contributed by atoms with Gasteiger partial charge in [-0.15, -0.1) is 0 Å². The first-order valence-corrected chi connectivity index (χ1v) is 21.8. The number of benzene rings is 5. The van der Waals surface area contributed by atoms with Gasteiger partial charge in [-0.1, -0.05) is 141 Å². The molecule has 4 heterocycles. The quantitative estimate of drug-likeness (QED) is 0.143. The summed E-state index contributed by atoms with van der Waals surface area (Å²) in [5.74, 6) is -2.39. The van der Waals surface area contributed by atoms with Crippen molar-refractivity contribution in [3.05, 3.63) is 167 Å². The number of hydrogen-bond donors (Lipinski definition) is 2. The molecule has 4 aliphatic rings. The number of carbonyl (C=O) groups is 4. The summed E-state index contributed by atoms with van der Waals surface area (Å²) in [5, 5.41) is 12.8. The molecule has 3 saturated heterocycles. The number of carbonyl (C=O) groups excluding carboxylic acids is 4. The van der Waals surface area contributed by atoms with Crippen molar-refractivity contribution >= 4 is 29.5 Å². The molecular formula is C51H52N4O7. The Bertz CT molecular complexity index is 2410. The van der Waals surface area contributed by atoms with Gasteiger partial charge < -0.3 is 24.8 Å². The molecule has 318 valence electrons. The van der Waals surface area contributed by atoms with Crippen molar-refractivity contribution in [3.8, 4) is 5.75 Å². The lowest BCUT2D eigenvalue weighted by Gasteiger charge is -2.46. The molecule has 0 unspecified atom stereocenters. The topological polar surface area (TPSA) is 129 Å². The number of aliphatic hydroxyl groups excluding tert-OH is 1. The third-order valence-electron chi connectivity index (χ3n) is 13.2. The summed E-state index contributed by atoms with van der Waals surface area (Å²) in [6, 6.07) is 39.4. The van der Waals surface area contributed by atoms with Crippen LogP contribution in [-0.2, 0) is 24.5 Å². The second-order valence-electron chi connectivity index (χ2n) is 16.7. The van der Waals surface area contributed by atoms with E-state index in [0.717, 1.165) is 48.8 Å². The van der Waals surface area contributed by atoms with Crippen LogP contribution < -0.4 is 15.0 Å². The Labute approximate surface area is 362 Å². The minimum Gasteiger partial charge on any atom is -0.491 e. The Kier molecular flexibility index (Phi) is 11.7. The van der Waals surface area contributed by atoms with Crippen molar-refractivity contribution in [1.82, 2.24) is 15.1 Å². The van der Waals surface area contributed by atoms with E-state index in [0.29, 0.717) is 35.7 Å². The molecule has 0 bridgehead atoms. The number of fused-ring (bicyclic) bond motifs is 3. The van der Waals surface area contributed by atoms with E-state index >= 15 is 14.4 Å². The molecular weight excluding hydrogens is 781 g/mol. The van der Waals surface area contributed by atoms with Crippen LogP contribution in [0.4, 0.5) is 10.5 Å². The van der Waals surface area contributed by atoms with E-state index in [1.54, 1.807) is 18.2 Å². The molecule has 62 heavy (non-hydrogen) atoms. The molecule has 2 N–H and O–H groups in total. The van der Waals surface area contributed by atoms with E-state index in [1.165, 1.54) is 4.90 Å². The van der Waals surface area contributed by atoms with Gasteiger partial charge in [0.1, 0.15) is 29.9 Å². The first-order chi connectivity index (χ1) is 30.3. The first kappa shape index (κ1) is 41.1. The van der Waals surface area contributed by atoms with Crippen LogP contribution in [0.1, 0.15) is 91.1 Å². The minimum atomic E-state index is -1.82. The molecule has 4 aliphatic heterocycles. The SMILES string of the molecule is C[C@@H](NC(=O)N1C(=O)[C@@]2(c3ccccc31)[C@H](C(=O)N1CCCCCCC1)[C@H]1C(=O)O[C@H](c3ccccc3)[C@H](c3ccccc3)N1[C@@H]2c1cccc(OCCO)c1)c1ccccc1. The number of anilines is 1. The van der Waals surface area contributed by atoms with Crippen molar-refractivity contribution in [2.45, 2.75) is 74.7 Å². The average Bonchev–Trinajstić information content (AvgIpc) is 3.75. The molecule has 7 atom stereocenters. The van der Waals surface area contributed by atoms with Gasteiger partial charge in [0.15, 0.2) is 0 Å². The Morgan fingerprint density at radius 2 is 1.37 bits per heavy atom. The highest BCUT2D eigenvalue weighted by Gasteiger charge is 2.76.